The Hall–Kier alpha value is -2.14. The minimum atomic E-state index is 0.0308. The van der Waals surface area contributed by atoms with Crippen molar-refractivity contribution in [3.05, 3.63) is 91.6 Å². The zero-order chi connectivity index (χ0) is 21.1. The van der Waals surface area contributed by atoms with Crippen LogP contribution in [0.3, 0.4) is 0 Å². The number of carbonyl (C=O) groups excluding carboxylic acids is 1. The Morgan fingerprint density at radius 3 is 2.63 bits per heavy atom. The van der Waals surface area contributed by atoms with Crippen LogP contribution >= 0.6 is 22.9 Å². The molecule has 156 valence electrons. The Balaban J connectivity index is 1.56. The van der Waals surface area contributed by atoms with Gasteiger partial charge in [-0.1, -0.05) is 67.1 Å². The molecule has 4 rings (SSSR count). The molecule has 1 amide bonds. The molecule has 30 heavy (non-hydrogen) atoms. The first-order valence-corrected chi connectivity index (χ1v) is 11.7. The van der Waals surface area contributed by atoms with Crippen LogP contribution in [0.2, 0.25) is 5.02 Å². The zero-order valence-electron chi connectivity index (χ0n) is 17.5. The Bertz CT molecular complexity index is 1030. The fraction of sp³-hybridized carbons (Fsp3) is 0.320. The lowest BCUT2D eigenvalue weighted by atomic mass is 9.91. The number of fused-ring (bicyclic) bond motifs is 1. The van der Waals surface area contributed by atoms with Gasteiger partial charge < -0.3 is 5.32 Å². The minimum Gasteiger partial charge on any atom is -0.351 e. The predicted octanol–water partition coefficient (Wildman–Crippen LogP) is 5.54. The van der Waals surface area contributed by atoms with E-state index in [0.29, 0.717) is 18.1 Å². The van der Waals surface area contributed by atoms with E-state index < -0.39 is 0 Å². The molecule has 0 spiro atoms. The zero-order valence-corrected chi connectivity index (χ0v) is 19.0. The van der Waals surface area contributed by atoms with Gasteiger partial charge in [-0.05, 0) is 48.1 Å². The lowest BCUT2D eigenvalue weighted by molar-refractivity contribution is -0.122. The van der Waals surface area contributed by atoms with Crippen LogP contribution in [0.25, 0.3) is 0 Å². The molecule has 1 aliphatic rings. The number of halogens is 1. The SMILES string of the molecule is CCc1c(C)sc2c1CCN(CC(=O)NCc1ccccc1Cl)C2c1ccccc1. The van der Waals surface area contributed by atoms with Crippen LogP contribution in [0.4, 0.5) is 0 Å². The van der Waals surface area contributed by atoms with E-state index in [4.69, 9.17) is 11.6 Å². The largest absolute Gasteiger partial charge is 0.351 e. The predicted molar refractivity (Wildman–Crippen MR) is 125 cm³/mol. The van der Waals surface area contributed by atoms with Crippen molar-refractivity contribution in [2.24, 2.45) is 0 Å². The third-order valence-corrected chi connectivity index (χ3v) is 7.47. The van der Waals surface area contributed by atoms with Crippen LogP contribution in [0.5, 0.6) is 0 Å². The monoisotopic (exact) mass is 438 g/mol. The van der Waals surface area contributed by atoms with Gasteiger partial charge in [0.15, 0.2) is 0 Å². The van der Waals surface area contributed by atoms with Crippen LogP contribution in [0.15, 0.2) is 54.6 Å². The fourth-order valence-corrected chi connectivity index (χ4v) is 6.07. The van der Waals surface area contributed by atoms with Crippen LogP contribution in [0.1, 0.15) is 45.0 Å². The summed E-state index contributed by atoms with van der Waals surface area (Å²) in [5.74, 6) is 0.0308. The summed E-state index contributed by atoms with van der Waals surface area (Å²) < 4.78 is 0. The molecule has 0 aliphatic carbocycles. The van der Waals surface area contributed by atoms with Crippen molar-refractivity contribution >= 4 is 28.8 Å². The molecule has 0 saturated carbocycles. The number of hydrogen-bond acceptors (Lipinski definition) is 3. The number of carbonyl (C=O) groups is 1. The molecule has 1 aromatic heterocycles. The molecule has 0 fully saturated rings. The second-order valence-electron chi connectivity index (χ2n) is 7.73. The van der Waals surface area contributed by atoms with Gasteiger partial charge in [-0.25, -0.2) is 0 Å². The van der Waals surface area contributed by atoms with E-state index in [0.717, 1.165) is 24.9 Å². The van der Waals surface area contributed by atoms with Gasteiger partial charge in [-0.3, -0.25) is 9.69 Å². The summed E-state index contributed by atoms with van der Waals surface area (Å²) >= 11 is 8.13. The number of hydrogen-bond donors (Lipinski definition) is 1. The number of nitrogens with zero attached hydrogens (tertiary/aromatic N) is 1. The van der Waals surface area contributed by atoms with Crippen LogP contribution in [-0.2, 0) is 24.2 Å². The maximum absolute atomic E-state index is 12.8. The van der Waals surface area contributed by atoms with Crippen LogP contribution in [-0.4, -0.2) is 23.9 Å². The van der Waals surface area contributed by atoms with Gasteiger partial charge in [-0.2, -0.15) is 0 Å². The number of amides is 1. The Morgan fingerprint density at radius 1 is 1.17 bits per heavy atom. The van der Waals surface area contributed by atoms with Gasteiger partial charge in [0.2, 0.25) is 5.91 Å². The van der Waals surface area contributed by atoms with Gasteiger partial charge in [0.1, 0.15) is 0 Å². The summed E-state index contributed by atoms with van der Waals surface area (Å²) in [5, 5.41) is 3.73. The molecular weight excluding hydrogens is 412 g/mol. The van der Waals surface area contributed by atoms with Crippen molar-refractivity contribution in [2.45, 2.75) is 39.3 Å². The molecule has 0 saturated heterocycles. The average Bonchev–Trinajstić information content (AvgIpc) is 3.08. The molecule has 3 aromatic rings. The van der Waals surface area contributed by atoms with Gasteiger partial charge >= 0.3 is 0 Å². The molecule has 3 nitrogen and oxygen atoms in total. The van der Waals surface area contributed by atoms with Crippen molar-refractivity contribution in [3.8, 4) is 0 Å². The summed E-state index contributed by atoms with van der Waals surface area (Å²) in [7, 11) is 0. The average molecular weight is 439 g/mol. The first-order valence-electron chi connectivity index (χ1n) is 10.5. The number of aryl methyl sites for hydroxylation is 1. The summed E-state index contributed by atoms with van der Waals surface area (Å²) in [5.41, 5.74) is 5.19. The lowest BCUT2D eigenvalue weighted by Crippen LogP contribution is -2.42. The summed E-state index contributed by atoms with van der Waals surface area (Å²) in [4.78, 5) is 17.9. The maximum Gasteiger partial charge on any atom is 0.234 e. The highest BCUT2D eigenvalue weighted by Gasteiger charge is 2.33. The second kappa shape index (κ2) is 9.34. The normalized spacial score (nSPS) is 16.3. The first-order chi connectivity index (χ1) is 14.6. The second-order valence-corrected chi connectivity index (χ2v) is 9.40. The summed E-state index contributed by atoms with van der Waals surface area (Å²) in [6, 6.07) is 18.3. The van der Waals surface area contributed by atoms with Crippen LogP contribution in [0, 0.1) is 6.92 Å². The molecule has 0 bridgehead atoms. The van der Waals surface area contributed by atoms with E-state index in [1.165, 1.54) is 26.4 Å². The Morgan fingerprint density at radius 2 is 1.90 bits per heavy atom. The molecule has 1 atom stereocenters. The minimum absolute atomic E-state index is 0.0308. The third-order valence-electron chi connectivity index (χ3n) is 5.86. The van der Waals surface area contributed by atoms with Gasteiger partial charge in [0, 0.05) is 27.9 Å². The van der Waals surface area contributed by atoms with Gasteiger partial charge in [-0.15, -0.1) is 11.3 Å². The van der Waals surface area contributed by atoms with Crippen molar-refractivity contribution in [1.82, 2.24) is 10.2 Å². The van der Waals surface area contributed by atoms with Crippen molar-refractivity contribution in [3.63, 3.8) is 0 Å². The standard InChI is InChI=1S/C25H27ClN2OS/c1-3-20-17(2)30-25-21(20)13-14-28(24(25)18-9-5-4-6-10-18)16-23(29)27-15-19-11-7-8-12-22(19)26/h4-12,24H,3,13-16H2,1-2H3,(H,27,29). The number of nitrogens with one attached hydrogen (secondary N) is 1. The molecule has 2 heterocycles. The van der Waals surface area contributed by atoms with E-state index in [9.17, 15) is 4.79 Å². The summed E-state index contributed by atoms with van der Waals surface area (Å²) in [6.45, 7) is 6.18. The molecule has 5 heteroatoms. The first kappa shape index (κ1) is 21.1. The van der Waals surface area contributed by atoms with Gasteiger partial charge in [0.05, 0.1) is 12.6 Å². The topological polar surface area (TPSA) is 32.3 Å². The lowest BCUT2D eigenvalue weighted by Gasteiger charge is -2.36. The number of benzene rings is 2. The Labute approximate surface area is 187 Å². The van der Waals surface area contributed by atoms with Crippen molar-refractivity contribution in [2.75, 3.05) is 13.1 Å². The molecule has 1 unspecified atom stereocenters. The van der Waals surface area contributed by atoms with E-state index in [1.807, 2.05) is 41.7 Å². The highest BCUT2D eigenvalue weighted by atomic mass is 35.5. The van der Waals surface area contributed by atoms with Crippen molar-refractivity contribution < 1.29 is 4.79 Å². The quantitative estimate of drug-likeness (QED) is 0.548. The molecule has 1 N–H and O–H groups in total. The third kappa shape index (κ3) is 4.31. The fourth-order valence-electron chi connectivity index (χ4n) is 4.40. The highest BCUT2D eigenvalue weighted by molar-refractivity contribution is 7.12. The molecule has 1 aliphatic heterocycles. The van der Waals surface area contributed by atoms with Gasteiger partial charge in [0.25, 0.3) is 0 Å². The smallest absolute Gasteiger partial charge is 0.234 e. The summed E-state index contributed by atoms with van der Waals surface area (Å²) in [6.07, 6.45) is 2.07. The van der Waals surface area contributed by atoms with E-state index >= 15 is 0 Å². The number of thiophene rings is 1. The molecule has 2 aromatic carbocycles. The Kier molecular flexibility index (Phi) is 6.57. The van der Waals surface area contributed by atoms with Crippen molar-refractivity contribution in [1.29, 1.82) is 0 Å². The number of rotatable bonds is 6. The maximum atomic E-state index is 12.8. The molecular formula is C25H27ClN2OS. The molecule has 0 radical (unpaired) electrons. The van der Waals surface area contributed by atoms with Crippen LogP contribution < -0.4 is 5.32 Å². The van der Waals surface area contributed by atoms with E-state index in [1.54, 1.807) is 0 Å². The highest BCUT2D eigenvalue weighted by Crippen LogP contribution is 2.42. The van der Waals surface area contributed by atoms with E-state index in [-0.39, 0.29) is 11.9 Å². The van der Waals surface area contributed by atoms with E-state index in [2.05, 4.69) is 48.3 Å².